The number of hydrogen-bond acceptors (Lipinski definition) is 4. The van der Waals surface area contributed by atoms with E-state index in [9.17, 15) is 14.4 Å². The van der Waals surface area contributed by atoms with E-state index < -0.39 is 17.8 Å². The third-order valence-electron chi connectivity index (χ3n) is 5.89. The Bertz CT molecular complexity index is 1060. The normalized spacial score (nSPS) is 17.4. The summed E-state index contributed by atoms with van der Waals surface area (Å²) in [6.45, 7) is 6.25. The molecule has 0 bridgehead atoms. The highest BCUT2D eigenvalue weighted by Gasteiger charge is 2.36. The topological polar surface area (TPSA) is 69.7 Å². The molecule has 31 heavy (non-hydrogen) atoms. The summed E-state index contributed by atoms with van der Waals surface area (Å²) in [4.78, 5) is 41.3. The Hall–Kier alpha value is -3.41. The molecule has 1 saturated heterocycles. The van der Waals surface area contributed by atoms with E-state index in [1.807, 2.05) is 31.2 Å². The molecular weight excluding hydrogens is 390 g/mol. The Morgan fingerprint density at radius 3 is 2.52 bits per heavy atom. The van der Waals surface area contributed by atoms with Crippen molar-refractivity contribution in [2.75, 3.05) is 22.9 Å². The van der Waals surface area contributed by atoms with Gasteiger partial charge in [-0.3, -0.25) is 14.9 Å². The van der Waals surface area contributed by atoms with E-state index in [0.29, 0.717) is 5.69 Å². The summed E-state index contributed by atoms with van der Waals surface area (Å²) in [5.74, 6) is -1.27. The van der Waals surface area contributed by atoms with Gasteiger partial charge in [-0.15, -0.1) is 0 Å². The largest absolute Gasteiger partial charge is 0.371 e. The molecule has 0 saturated carbocycles. The maximum absolute atomic E-state index is 13.1. The van der Waals surface area contributed by atoms with Crippen LogP contribution in [0.25, 0.3) is 6.08 Å². The summed E-state index contributed by atoms with van der Waals surface area (Å²) in [7, 11) is 0. The number of fused-ring (bicyclic) bond motifs is 1. The van der Waals surface area contributed by atoms with Crippen molar-refractivity contribution in [3.63, 3.8) is 0 Å². The quantitative estimate of drug-likeness (QED) is 0.568. The number of anilines is 2. The van der Waals surface area contributed by atoms with Crippen LogP contribution in [-0.2, 0) is 22.4 Å². The molecule has 0 aromatic heterocycles. The lowest BCUT2D eigenvalue weighted by Gasteiger charge is -2.26. The van der Waals surface area contributed by atoms with Gasteiger partial charge in [0, 0.05) is 18.8 Å². The Labute approximate surface area is 182 Å². The van der Waals surface area contributed by atoms with Crippen LogP contribution in [0, 0.1) is 0 Å². The van der Waals surface area contributed by atoms with Gasteiger partial charge in [0.1, 0.15) is 5.57 Å². The molecule has 2 heterocycles. The first-order valence-electron chi connectivity index (χ1n) is 10.9. The van der Waals surface area contributed by atoms with E-state index in [1.165, 1.54) is 11.3 Å². The van der Waals surface area contributed by atoms with Crippen molar-refractivity contribution in [1.29, 1.82) is 0 Å². The molecule has 160 valence electrons. The summed E-state index contributed by atoms with van der Waals surface area (Å²) in [5, 5.41) is 2.29. The average molecular weight is 418 g/mol. The lowest BCUT2D eigenvalue weighted by atomic mass is 10.0. The Balaban J connectivity index is 1.61. The highest BCUT2D eigenvalue weighted by molar-refractivity contribution is 6.39. The number of benzene rings is 2. The number of urea groups is 1. The minimum Gasteiger partial charge on any atom is -0.371 e. The van der Waals surface area contributed by atoms with E-state index in [-0.39, 0.29) is 5.57 Å². The zero-order valence-electron chi connectivity index (χ0n) is 18.0. The molecule has 0 radical (unpaired) electrons. The van der Waals surface area contributed by atoms with Gasteiger partial charge in [-0.05, 0) is 66.3 Å². The van der Waals surface area contributed by atoms with Crippen LogP contribution in [-0.4, -0.2) is 30.9 Å². The fourth-order valence-corrected chi connectivity index (χ4v) is 4.10. The molecule has 6 nitrogen and oxygen atoms in total. The third kappa shape index (κ3) is 4.10. The van der Waals surface area contributed by atoms with Crippen LogP contribution in [0.1, 0.15) is 43.4 Å². The van der Waals surface area contributed by atoms with Crippen molar-refractivity contribution >= 4 is 35.3 Å². The van der Waals surface area contributed by atoms with Gasteiger partial charge in [-0.1, -0.05) is 38.5 Å². The Morgan fingerprint density at radius 2 is 1.81 bits per heavy atom. The van der Waals surface area contributed by atoms with Crippen LogP contribution >= 0.6 is 0 Å². The number of nitrogens with zero attached hydrogens (tertiary/aromatic N) is 2. The van der Waals surface area contributed by atoms with Gasteiger partial charge in [-0.2, -0.15) is 0 Å². The molecule has 0 aliphatic carbocycles. The highest BCUT2D eigenvalue weighted by Crippen LogP contribution is 2.30. The number of nitrogens with one attached hydrogen (secondary N) is 1. The van der Waals surface area contributed by atoms with E-state index >= 15 is 0 Å². The number of rotatable bonds is 6. The molecule has 6 heteroatoms. The lowest BCUT2D eigenvalue weighted by Crippen LogP contribution is -2.54. The monoisotopic (exact) mass is 417 g/mol. The van der Waals surface area contributed by atoms with Gasteiger partial charge >= 0.3 is 6.03 Å². The van der Waals surface area contributed by atoms with Crippen molar-refractivity contribution in [2.45, 2.75) is 39.5 Å². The second-order valence-corrected chi connectivity index (χ2v) is 7.96. The molecule has 2 aromatic rings. The zero-order chi connectivity index (χ0) is 22.0. The number of imide groups is 2. The van der Waals surface area contributed by atoms with Gasteiger partial charge in [-0.25, -0.2) is 9.69 Å². The molecule has 1 N–H and O–H groups in total. The molecule has 4 amide bonds. The molecule has 4 rings (SSSR count). The van der Waals surface area contributed by atoms with Gasteiger partial charge in [0.15, 0.2) is 0 Å². The third-order valence-corrected chi connectivity index (χ3v) is 5.89. The van der Waals surface area contributed by atoms with Crippen molar-refractivity contribution in [3.05, 3.63) is 64.7 Å². The fourth-order valence-electron chi connectivity index (χ4n) is 4.10. The summed E-state index contributed by atoms with van der Waals surface area (Å²) >= 11 is 0. The zero-order valence-corrected chi connectivity index (χ0v) is 18.0. The molecule has 2 aromatic carbocycles. The Kier molecular flexibility index (Phi) is 5.89. The number of amides is 4. The molecular formula is C25H27N3O3. The maximum Gasteiger partial charge on any atom is 0.335 e. The second kappa shape index (κ2) is 8.76. The minimum absolute atomic E-state index is 0.0417. The number of hydrogen-bond donors (Lipinski definition) is 1. The predicted molar refractivity (Wildman–Crippen MR) is 122 cm³/mol. The van der Waals surface area contributed by atoms with E-state index in [1.54, 1.807) is 18.2 Å². The number of aryl methyl sites for hydroxylation is 1. The number of carbonyl (C=O) groups excluding carboxylic acids is 3. The van der Waals surface area contributed by atoms with Crippen molar-refractivity contribution in [3.8, 4) is 0 Å². The fraction of sp³-hybridized carbons (Fsp3) is 0.320. The summed E-state index contributed by atoms with van der Waals surface area (Å²) in [6.07, 6.45) is 5.70. The molecule has 0 atom stereocenters. The summed E-state index contributed by atoms with van der Waals surface area (Å²) in [5.41, 5.74) is 4.73. The molecule has 1 fully saturated rings. The van der Waals surface area contributed by atoms with Crippen LogP contribution in [0.2, 0.25) is 0 Å². The first-order chi connectivity index (χ1) is 15.0. The SMILES string of the molecule is CCCCN1CCc2cc(C=C3C(=O)NC(=O)N(c4ccc(CC)cc4)C3=O)ccc21. The van der Waals surface area contributed by atoms with Gasteiger partial charge in [0.05, 0.1) is 5.69 Å². The van der Waals surface area contributed by atoms with Crippen LogP contribution in [0.3, 0.4) is 0 Å². The van der Waals surface area contributed by atoms with Crippen LogP contribution in [0.4, 0.5) is 16.2 Å². The highest BCUT2D eigenvalue weighted by atomic mass is 16.2. The van der Waals surface area contributed by atoms with Crippen molar-refractivity contribution in [2.24, 2.45) is 0 Å². The molecule has 0 unspecified atom stereocenters. The summed E-state index contributed by atoms with van der Waals surface area (Å²) < 4.78 is 0. The molecule has 2 aliphatic rings. The van der Waals surface area contributed by atoms with Crippen molar-refractivity contribution in [1.82, 2.24) is 5.32 Å². The van der Waals surface area contributed by atoms with E-state index in [4.69, 9.17) is 0 Å². The van der Waals surface area contributed by atoms with Crippen LogP contribution in [0.5, 0.6) is 0 Å². The Morgan fingerprint density at radius 1 is 1.03 bits per heavy atom. The second-order valence-electron chi connectivity index (χ2n) is 7.96. The lowest BCUT2D eigenvalue weighted by molar-refractivity contribution is -0.122. The predicted octanol–water partition coefficient (Wildman–Crippen LogP) is 4.08. The summed E-state index contributed by atoms with van der Waals surface area (Å²) in [6, 6.07) is 12.5. The smallest absolute Gasteiger partial charge is 0.335 e. The van der Waals surface area contributed by atoms with E-state index in [0.717, 1.165) is 54.8 Å². The number of unbranched alkanes of at least 4 members (excludes halogenated alkanes) is 1. The van der Waals surface area contributed by atoms with Crippen LogP contribution in [0.15, 0.2) is 48.0 Å². The first kappa shape index (κ1) is 20.8. The first-order valence-corrected chi connectivity index (χ1v) is 10.9. The van der Waals surface area contributed by atoms with Gasteiger partial charge < -0.3 is 4.90 Å². The minimum atomic E-state index is -0.725. The standard InChI is InChI=1S/C25H27N3O3/c1-3-5-13-27-14-12-19-15-18(8-11-22(19)27)16-21-23(29)26-25(31)28(24(21)30)20-9-6-17(4-2)7-10-20/h6-11,15-16H,3-5,12-14H2,1-2H3,(H,26,29,31). The van der Waals surface area contributed by atoms with Crippen molar-refractivity contribution < 1.29 is 14.4 Å². The number of carbonyl (C=O) groups is 3. The maximum atomic E-state index is 13.1. The number of barbiturate groups is 1. The molecule has 0 spiro atoms. The van der Waals surface area contributed by atoms with Crippen LogP contribution < -0.4 is 15.1 Å². The molecule has 2 aliphatic heterocycles. The van der Waals surface area contributed by atoms with Gasteiger partial charge in [0.2, 0.25) is 0 Å². The average Bonchev–Trinajstić information content (AvgIpc) is 3.17. The van der Waals surface area contributed by atoms with E-state index in [2.05, 4.69) is 23.2 Å². The van der Waals surface area contributed by atoms with Gasteiger partial charge in [0.25, 0.3) is 11.8 Å².